The fourth-order valence-electron chi connectivity index (χ4n) is 0. The molecule has 1 radical (unpaired) electrons. The van der Waals surface area contributed by atoms with Crippen molar-refractivity contribution >= 4 is 35.5 Å². The molecule has 0 rings (SSSR count). The second-order valence-corrected chi connectivity index (χ2v) is 2.79. The maximum Gasteiger partial charge on any atom is 2.00 e. The SMILES string of the molecule is CC(O)C(=O)[S-].CC(O)C(=O)[S-].[Cu+2]. The molecule has 0 heterocycles. The Morgan fingerprint density at radius 3 is 1.08 bits per heavy atom. The molecule has 4 nitrogen and oxygen atoms in total. The molecule has 0 saturated heterocycles. The zero-order valence-corrected chi connectivity index (χ0v) is 9.56. The molecular weight excluding hydrogens is 264 g/mol. The van der Waals surface area contributed by atoms with Crippen LogP contribution in [0.15, 0.2) is 0 Å². The van der Waals surface area contributed by atoms with E-state index in [1.54, 1.807) is 0 Å². The number of hydrogen-bond acceptors (Lipinski definition) is 6. The molecule has 0 aromatic heterocycles. The van der Waals surface area contributed by atoms with E-state index < -0.39 is 22.4 Å². The number of hydrogen-bond donors (Lipinski definition) is 2. The predicted octanol–water partition coefficient (Wildman–Crippen LogP) is -1.12. The molecule has 0 aromatic rings. The van der Waals surface area contributed by atoms with Crippen LogP contribution in [-0.4, -0.2) is 32.7 Å². The van der Waals surface area contributed by atoms with Gasteiger partial charge in [-0.3, -0.25) is 0 Å². The van der Waals surface area contributed by atoms with E-state index in [0.717, 1.165) is 0 Å². The molecular formula is C6H10CuO4S2. The molecule has 7 heteroatoms. The summed E-state index contributed by atoms with van der Waals surface area (Å²) >= 11 is 8.03. The Balaban J connectivity index is -0.000000143. The van der Waals surface area contributed by atoms with Crippen LogP contribution in [0.4, 0.5) is 0 Å². The van der Waals surface area contributed by atoms with Gasteiger partial charge in [0.25, 0.3) is 0 Å². The van der Waals surface area contributed by atoms with Crippen LogP contribution in [0.2, 0.25) is 0 Å². The second kappa shape index (κ2) is 10.3. The average molecular weight is 274 g/mol. The van der Waals surface area contributed by atoms with Gasteiger partial charge in [0.2, 0.25) is 0 Å². The molecule has 0 amide bonds. The standard InChI is InChI=1S/2C3H6O2S.Cu/c2*1-2(4)3(5)6;/h2*2,4H,1H3,(H,5,6);/q;;+2/p-2. The van der Waals surface area contributed by atoms with Crippen molar-refractivity contribution in [1.29, 1.82) is 0 Å². The van der Waals surface area contributed by atoms with Crippen LogP contribution < -0.4 is 0 Å². The molecule has 13 heavy (non-hydrogen) atoms. The topological polar surface area (TPSA) is 74.6 Å². The van der Waals surface area contributed by atoms with E-state index in [1.807, 2.05) is 0 Å². The van der Waals surface area contributed by atoms with Gasteiger partial charge in [0.05, 0.1) is 12.2 Å². The first-order valence-corrected chi connectivity index (χ1v) is 3.88. The third-order valence-electron chi connectivity index (χ3n) is 0.682. The number of rotatable bonds is 2. The molecule has 0 aromatic carbocycles. The van der Waals surface area contributed by atoms with Crippen LogP contribution in [0.3, 0.4) is 0 Å². The second-order valence-electron chi connectivity index (χ2n) is 1.99. The van der Waals surface area contributed by atoms with E-state index in [1.165, 1.54) is 13.8 Å². The van der Waals surface area contributed by atoms with Crippen molar-refractivity contribution < 1.29 is 36.9 Å². The first-order valence-electron chi connectivity index (χ1n) is 3.06. The Morgan fingerprint density at radius 2 is 1.08 bits per heavy atom. The molecule has 0 saturated carbocycles. The van der Waals surface area contributed by atoms with Crippen LogP contribution in [0.1, 0.15) is 13.8 Å². The van der Waals surface area contributed by atoms with Gasteiger partial charge < -0.3 is 45.1 Å². The van der Waals surface area contributed by atoms with Crippen LogP contribution >= 0.6 is 0 Å². The van der Waals surface area contributed by atoms with Crippen molar-refractivity contribution in [2.75, 3.05) is 0 Å². The van der Waals surface area contributed by atoms with Crippen molar-refractivity contribution in [3.63, 3.8) is 0 Å². The summed E-state index contributed by atoms with van der Waals surface area (Å²) in [4.78, 5) is 19.4. The van der Waals surface area contributed by atoms with Crippen molar-refractivity contribution in [3.8, 4) is 0 Å². The van der Waals surface area contributed by atoms with Crippen molar-refractivity contribution in [1.82, 2.24) is 0 Å². The third-order valence-corrected chi connectivity index (χ3v) is 1.36. The van der Waals surface area contributed by atoms with Crippen LogP contribution in [-0.2, 0) is 51.9 Å². The number of carbonyl (C=O) groups excluding carboxylic acids is 2. The zero-order chi connectivity index (χ0) is 10.3. The molecule has 81 valence electrons. The number of aliphatic hydroxyl groups is 2. The van der Waals surface area contributed by atoms with Gasteiger partial charge >= 0.3 is 17.1 Å². The Kier molecular flexibility index (Phi) is 15.0. The molecule has 0 bridgehead atoms. The van der Waals surface area contributed by atoms with Crippen LogP contribution in [0, 0.1) is 0 Å². The van der Waals surface area contributed by atoms with Crippen LogP contribution in [0.5, 0.6) is 0 Å². The average Bonchev–Trinajstić information content (AvgIpc) is 1.88. The van der Waals surface area contributed by atoms with Crippen molar-refractivity contribution in [2.45, 2.75) is 26.1 Å². The van der Waals surface area contributed by atoms with Gasteiger partial charge in [0, 0.05) is 10.2 Å². The van der Waals surface area contributed by atoms with Gasteiger partial charge in [-0.25, -0.2) is 0 Å². The summed E-state index contributed by atoms with van der Waals surface area (Å²) in [5, 5.41) is 15.1. The molecule has 0 aliphatic rings. The third kappa shape index (κ3) is 18.9. The Bertz CT molecular complexity index is 143. The summed E-state index contributed by atoms with van der Waals surface area (Å²) in [6, 6.07) is 0. The van der Waals surface area contributed by atoms with E-state index in [-0.39, 0.29) is 17.1 Å². The molecule has 0 fully saturated rings. The fraction of sp³-hybridized carbons (Fsp3) is 0.667. The summed E-state index contributed by atoms with van der Waals surface area (Å²) in [7, 11) is 0. The molecule has 2 N–H and O–H groups in total. The van der Waals surface area contributed by atoms with Crippen molar-refractivity contribution in [3.05, 3.63) is 0 Å². The summed E-state index contributed by atoms with van der Waals surface area (Å²) in [6.45, 7) is 2.69. The van der Waals surface area contributed by atoms with E-state index in [4.69, 9.17) is 10.2 Å². The molecule has 0 aliphatic heterocycles. The minimum absolute atomic E-state index is 0. The minimum atomic E-state index is -0.972. The Labute approximate surface area is 98.4 Å². The normalized spacial score (nSPS) is 12.6. The van der Waals surface area contributed by atoms with Gasteiger partial charge in [0.1, 0.15) is 0 Å². The van der Waals surface area contributed by atoms with Gasteiger partial charge in [-0.1, -0.05) is 0 Å². The first kappa shape index (κ1) is 18.9. The minimum Gasteiger partial charge on any atom is -0.739 e. The van der Waals surface area contributed by atoms with E-state index >= 15 is 0 Å². The van der Waals surface area contributed by atoms with Gasteiger partial charge in [-0.15, -0.1) is 0 Å². The van der Waals surface area contributed by atoms with Gasteiger partial charge in [-0.2, -0.15) is 0 Å². The quantitative estimate of drug-likeness (QED) is 0.490. The summed E-state index contributed by atoms with van der Waals surface area (Å²) in [5.41, 5.74) is 0. The maximum absolute atomic E-state index is 9.71. The summed E-state index contributed by atoms with van der Waals surface area (Å²) < 4.78 is 0. The molecule has 0 spiro atoms. The van der Waals surface area contributed by atoms with E-state index in [0.29, 0.717) is 0 Å². The Morgan fingerprint density at radius 1 is 1.00 bits per heavy atom. The first-order chi connectivity index (χ1) is 5.29. The van der Waals surface area contributed by atoms with Crippen LogP contribution in [0.25, 0.3) is 0 Å². The fourth-order valence-corrected chi connectivity index (χ4v) is 0. The largest absolute Gasteiger partial charge is 2.00 e. The molecule has 2 atom stereocenters. The molecule has 2 unspecified atom stereocenters. The Hall–Kier alpha value is 0.219. The number of aliphatic hydroxyl groups excluding tert-OH is 2. The van der Waals surface area contributed by atoms with E-state index in [2.05, 4.69) is 25.3 Å². The van der Waals surface area contributed by atoms with Gasteiger partial charge in [0.15, 0.2) is 0 Å². The molecule has 0 aliphatic carbocycles. The summed E-state index contributed by atoms with van der Waals surface area (Å²) in [5.74, 6) is 0. The zero-order valence-electron chi connectivity index (χ0n) is 6.98. The van der Waals surface area contributed by atoms with Crippen molar-refractivity contribution in [2.24, 2.45) is 0 Å². The predicted molar refractivity (Wildman–Crippen MR) is 48.1 cm³/mol. The summed E-state index contributed by atoms with van der Waals surface area (Å²) in [6.07, 6.45) is -1.94. The maximum atomic E-state index is 9.71. The van der Waals surface area contributed by atoms with Gasteiger partial charge in [-0.05, 0) is 13.8 Å². The monoisotopic (exact) mass is 273 g/mol. The smallest absolute Gasteiger partial charge is 0.739 e. The van der Waals surface area contributed by atoms with E-state index in [9.17, 15) is 9.59 Å². The number of carbonyl (C=O) groups is 2.